The molecule has 17 heavy (non-hydrogen) atoms. The maximum absolute atomic E-state index is 9.22. The van der Waals surface area contributed by atoms with Crippen molar-refractivity contribution in [2.75, 3.05) is 26.8 Å². The molecule has 1 fully saturated rings. The number of phenolic OH excluding ortho intramolecular Hbond substituents is 1. The van der Waals surface area contributed by atoms with Gasteiger partial charge in [0.25, 0.3) is 0 Å². The Bertz CT molecular complexity index is 331. The van der Waals surface area contributed by atoms with Crippen LogP contribution in [0, 0.1) is 5.92 Å². The molecule has 94 valence electrons. The number of ether oxygens (including phenoxy) is 1. The van der Waals surface area contributed by atoms with Gasteiger partial charge in [-0.2, -0.15) is 0 Å². The summed E-state index contributed by atoms with van der Waals surface area (Å²) in [5.41, 5.74) is 1.24. The smallest absolute Gasteiger partial charge is 0.115 e. The summed E-state index contributed by atoms with van der Waals surface area (Å²) in [4.78, 5) is 2.33. The molecule has 1 atom stereocenters. The van der Waals surface area contributed by atoms with Gasteiger partial charge in [0, 0.05) is 19.7 Å². The van der Waals surface area contributed by atoms with Gasteiger partial charge in [-0.3, -0.25) is 0 Å². The molecule has 0 amide bonds. The van der Waals surface area contributed by atoms with Crippen LogP contribution in [0.2, 0.25) is 0 Å². The third kappa shape index (κ3) is 4.02. The zero-order valence-electron chi connectivity index (χ0n) is 10.4. The molecular weight excluding hydrogens is 214 g/mol. The molecule has 1 aromatic carbocycles. The highest BCUT2D eigenvalue weighted by Gasteiger charge is 2.15. The van der Waals surface area contributed by atoms with E-state index < -0.39 is 0 Å². The van der Waals surface area contributed by atoms with E-state index in [0.717, 1.165) is 26.3 Å². The molecule has 3 nitrogen and oxygen atoms in total. The van der Waals surface area contributed by atoms with E-state index in [0.29, 0.717) is 11.7 Å². The largest absolute Gasteiger partial charge is 0.508 e. The highest BCUT2D eigenvalue weighted by Crippen LogP contribution is 2.16. The maximum atomic E-state index is 9.22. The average Bonchev–Trinajstić information content (AvgIpc) is 2.33. The minimum atomic E-state index is 0.331. The highest BCUT2D eigenvalue weighted by molar-refractivity contribution is 5.25. The number of rotatable bonds is 4. The minimum absolute atomic E-state index is 0.331. The maximum Gasteiger partial charge on any atom is 0.115 e. The van der Waals surface area contributed by atoms with Crippen molar-refractivity contribution >= 4 is 0 Å². The normalized spacial score (nSPS) is 20.7. The Morgan fingerprint density at radius 3 is 2.76 bits per heavy atom. The third-order valence-corrected chi connectivity index (χ3v) is 3.21. The van der Waals surface area contributed by atoms with Crippen LogP contribution in [0.5, 0.6) is 5.75 Å². The molecule has 1 aliphatic rings. The minimum Gasteiger partial charge on any atom is -0.508 e. The number of hydrogen-bond acceptors (Lipinski definition) is 3. The predicted octanol–water partition coefficient (Wildman–Crippen LogP) is 2.25. The van der Waals surface area contributed by atoms with Gasteiger partial charge in [-0.1, -0.05) is 12.1 Å². The summed E-state index contributed by atoms with van der Waals surface area (Å²) in [5.74, 6) is 1.00. The van der Waals surface area contributed by atoms with Gasteiger partial charge in [0.2, 0.25) is 0 Å². The zero-order valence-corrected chi connectivity index (χ0v) is 10.4. The summed E-state index contributed by atoms with van der Waals surface area (Å²) in [6.45, 7) is 3.84. The van der Waals surface area contributed by atoms with Crippen molar-refractivity contribution in [3.05, 3.63) is 29.8 Å². The van der Waals surface area contributed by atoms with Gasteiger partial charge in [-0.15, -0.1) is 0 Å². The second-order valence-electron chi connectivity index (χ2n) is 4.95. The van der Waals surface area contributed by atoms with Crippen LogP contribution in [0.15, 0.2) is 24.3 Å². The zero-order chi connectivity index (χ0) is 12.1. The van der Waals surface area contributed by atoms with Crippen LogP contribution in [-0.4, -0.2) is 36.8 Å². The van der Waals surface area contributed by atoms with Crippen molar-refractivity contribution in [3.8, 4) is 5.75 Å². The second-order valence-corrected chi connectivity index (χ2v) is 4.95. The molecule has 1 heterocycles. The van der Waals surface area contributed by atoms with Crippen LogP contribution in [0.1, 0.15) is 18.4 Å². The first kappa shape index (κ1) is 12.4. The van der Waals surface area contributed by atoms with Crippen LogP contribution in [0.3, 0.4) is 0 Å². The first-order valence-corrected chi connectivity index (χ1v) is 6.28. The standard InChI is InChI=1S/C14H21NO2/c1-15(10-13-3-2-8-17-11-13)9-12-4-6-14(16)7-5-12/h4-7,13,16H,2-3,8-11H2,1H3. The highest BCUT2D eigenvalue weighted by atomic mass is 16.5. The first-order valence-electron chi connectivity index (χ1n) is 6.28. The molecule has 3 heteroatoms. The summed E-state index contributed by atoms with van der Waals surface area (Å²) in [7, 11) is 2.14. The van der Waals surface area contributed by atoms with E-state index in [2.05, 4.69) is 11.9 Å². The number of aromatic hydroxyl groups is 1. The Kier molecular flexibility index (Phi) is 4.40. The number of phenols is 1. The molecule has 1 saturated heterocycles. The molecule has 0 saturated carbocycles. The Morgan fingerprint density at radius 1 is 1.35 bits per heavy atom. The molecular formula is C14H21NO2. The lowest BCUT2D eigenvalue weighted by molar-refractivity contribution is 0.0411. The van der Waals surface area contributed by atoms with Gasteiger partial charge >= 0.3 is 0 Å². The Morgan fingerprint density at radius 2 is 2.12 bits per heavy atom. The lowest BCUT2D eigenvalue weighted by Crippen LogP contribution is -2.30. The number of hydrogen-bond donors (Lipinski definition) is 1. The van der Waals surface area contributed by atoms with E-state index in [1.54, 1.807) is 12.1 Å². The fourth-order valence-electron chi connectivity index (χ4n) is 2.37. The topological polar surface area (TPSA) is 32.7 Å². The molecule has 0 bridgehead atoms. The third-order valence-electron chi connectivity index (χ3n) is 3.21. The van der Waals surface area contributed by atoms with Gasteiger partial charge in [0.1, 0.15) is 5.75 Å². The van der Waals surface area contributed by atoms with E-state index in [9.17, 15) is 5.11 Å². The van der Waals surface area contributed by atoms with Gasteiger partial charge in [-0.05, 0) is 43.5 Å². The molecule has 1 N–H and O–H groups in total. The SMILES string of the molecule is CN(Cc1ccc(O)cc1)CC1CCCOC1. The summed E-state index contributed by atoms with van der Waals surface area (Å²) >= 11 is 0. The second kappa shape index (κ2) is 6.03. The molecule has 0 aromatic heterocycles. The van der Waals surface area contributed by atoms with E-state index in [1.165, 1.54) is 18.4 Å². The first-order chi connectivity index (χ1) is 8.24. The lowest BCUT2D eigenvalue weighted by atomic mass is 10.0. The summed E-state index contributed by atoms with van der Waals surface area (Å²) in [6, 6.07) is 7.44. The van der Waals surface area contributed by atoms with Gasteiger partial charge in [-0.25, -0.2) is 0 Å². The van der Waals surface area contributed by atoms with Crippen molar-refractivity contribution < 1.29 is 9.84 Å². The molecule has 1 aliphatic heterocycles. The molecule has 1 aromatic rings. The van der Waals surface area contributed by atoms with Crippen molar-refractivity contribution in [3.63, 3.8) is 0 Å². The van der Waals surface area contributed by atoms with E-state index in [1.807, 2.05) is 12.1 Å². The van der Waals surface area contributed by atoms with Crippen LogP contribution in [0.4, 0.5) is 0 Å². The van der Waals surface area contributed by atoms with Crippen LogP contribution in [0.25, 0.3) is 0 Å². The van der Waals surface area contributed by atoms with Gasteiger partial charge in [0.15, 0.2) is 0 Å². The fraction of sp³-hybridized carbons (Fsp3) is 0.571. The summed E-state index contributed by atoms with van der Waals surface area (Å²) in [6.07, 6.45) is 2.47. The van der Waals surface area contributed by atoms with Gasteiger partial charge in [0.05, 0.1) is 6.61 Å². The fourth-order valence-corrected chi connectivity index (χ4v) is 2.37. The average molecular weight is 235 g/mol. The number of nitrogens with zero attached hydrogens (tertiary/aromatic N) is 1. The van der Waals surface area contributed by atoms with Crippen molar-refractivity contribution in [2.45, 2.75) is 19.4 Å². The van der Waals surface area contributed by atoms with Crippen LogP contribution < -0.4 is 0 Å². The quantitative estimate of drug-likeness (QED) is 0.869. The predicted molar refractivity (Wildman–Crippen MR) is 68.0 cm³/mol. The lowest BCUT2D eigenvalue weighted by Gasteiger charge is -2.27. The molecule has 0 aliphatic carbocycles. The van der Waals surface area contributed by atoms with E-state index >= 15 is 0 Å². The van der Waals surface area contributed by atoms with Crippen molar-refractivity contribution in [1.82, 2.24) is 4.90 Å². The molecule has 0 radical (unpaired) electrons. The Labute approximate surface area is 103 Å². The van der Waals surface area contributed by atoms with Crippen LogP contribution in [-0.2, 0) is 11.3 Å². The monoisotopic (exact) mass is 235 g/mol. The molecule has 1 unspecified atom stereocenters. The van der Waals surface area contributed by atoms with E-state index in [4.69, 9.17) is 4.74 Å². The Hall–Kier alpha value is -1.06. The van der Waals surface area contributed by atoms with Crippen LogP contribution >= 0.6 is 0 Å². The Balaban J connectivity index is 1.79. The molecule has 0 spiro atoms. The van der Waals surface area contributed by atoms with Crippen molar-refractivity contribution in [2.24, 2.45) is 5.92 Å². The number of benzene rings is 1. The van der Waals surface area contributed by atoms with E-state index in [-0.39, 0.29) is 0 Å². The van der Waals surface area contributed by atoms with Gasteiger partial charge < -0.3 is 14.7 Å². The summed E-state index contributed by atoms with van der Waals surface area (Å²) in [5, 5.41) is 9.22. The van der Waals surface area contributed by atoms with Crippen molar-refractivity contribution in [1.29, 1.82) is 0 Å². The summed E-state index contributed by atoms with van der Waals surface area (Å²) < 4.78 is 5.49. The molecule has 2 rings (SSSR count).